The Balaban J connectivity index is 1.38. The summed E-state index contributed by atoms with van der Waals surface area (Å²) in [6, 6.07) is 6.80. The number of ether oxygens (including phenoxy) is 1. The second-order valence-corrected chi connectivity index (χ2v) is 10.7. The summed E-state index contributed by atoms with van der Waals surface area (Å²) >= 11 is 0. The summed E-state index contributed by atoms with van der Waals surface area (Å²) in [5.41, 5.74) is 2.94. The number of piperazine rings is 1. The molecule has 0 unspecified atom stereocenters. The maximum Gasteiger partial charge on any atom is 0.211 e. The second kappa shape index (κ2) is 9.97. The highest BCUT2D eigenvalue weighted by atomic mass is 32.2. The standard InChI is InChI=1S/C23H28FN7O3S/c1-35(32,33)31-9-7-30(8-10-31)21-3-2-16(12-18(21)24)19-13-20-22(27-5-4-26-20)23(29-19)28-15-17-14-25-6-11-34-17/h2-5,12-13,17,25H,6-11,14-15H2,1H3,(H,28,29)/t17-/m0/s1. The molecule has 2 aromatic heterocycles. The van der Waals surface area contributed by atoms with Crippen LogP contribution in [-0.4, -0.2) is 92.5 Å². The average molecular weight is 502 g/mol. The zero-order valence-electron chi connectivity index (χ0n) is 19.4. The van der Waals surface area contributed by atoms with Crippen molar-refractivity contribution in [2.45, 2.75) is 6.10 Å². The van der Waals surface area contributed by atoms with Gasteiger partial charge in [0, 0.05) is 63.8 Å². The summed E-state index contributed by atoms with van der Waals surface area (Å²) in [7, 11) is -3.24. The van der Waals surface area contributed by atoms with E-state index < -0.39 is 10.0 Å². The Bertz CT molecular complexity index is 1310. The average Bonchev–Trinajstić information content (AvgIpc) is 2.87. The van der Waals surface area contributed by atoms with E-state index in [1.807, 2.05) is 11.0 Å². The molecule has 1 aromatic carbocycles. The van der Waals surface area contributed by atoms with Crippen molar-refractivity contribution in [1.82, 2.24) is 24.6 Å². The maximum absolute atomic E-state index is 15.2. The second-order valence-electron chi connectivity index (χ2n) is 8.67. The highest BCUT2D eigenvalue weighted by Crippen LogP contribution is 2.30. The molecule has 186 valence electrons. The quantitative estimate of drug-likeness (QED) is 0.516. The summed E-state index contributed by atoms with van der Waals surface area (Å²) in [6.07, 6.45) is 4.44. The van der Waals surface area contributed by atoms with Crippen molar-refractivity contribution in [2.75, 3.05) is 68.9 Å². The van der Waals surface area contributed by atoms with Crippen LogP contribution in [0.25, 0.3) is 22.3 Å². The van der Waals surface area contributed by atoms with Gasteiger partial charge in [0.15, 0.2) is 5.82 Å². The Kier molecular flexibility index (Phi) is 6.78. The van der Waals surface area contributed by atoms with E-state index in [0.717, 1.165) is 13.1 Å². The van der Waals surface area contributed by atoms with Crippen molar-refractivity contribution in [2.24, 2.45) is 0 Å². The van der Waals surface area contributed by atoms with E-state index in [2.05, 4.69) is 20.6 Å². The lowest BCUT2D eigenvalue weighted by Gasteiger charge is -2.34. The van der Waals surface area contributed by atoms with Crippen LogP contribution in [0.15, 0.2) is 36.7 Å². The number of hydrogen-bond acceptors (Lipinski definition) is 9. The Morgan fingerprint density at radius 1 is 1.17 bits per heavy atom. The largest absolute Gasteiger partial charge is 0.374 e. The van der Waals surface area contributed by atoms with Crippen molar-refractivity contribution in [3.63, 3.8) is 0 Å². The van der Waals surface area contributed by atoms with Crippen LogP contribution < -0.4 is 15.5 Å². The van der Waals surface area contributed by atoms with Crippen LogP contribution in [0.4, 0.5) is 15.9 Å². The predicted molar refractivity (Wildman–Crippen MR) is 132 cm³/mol. The van der Waals surface area contributed by atoms with Crippen LogP contribution in [0, 0.1) is 5.82 Å². The van der Waals surface area contributed by atoms with E-state index in [9.17, 15) is 8.42 Å². The SMILES string of the molecule is CS(=O)(=O)N1CCN(c2ccc(-c3cc4nccnc4c(NC[C@@H]4CNCCO4)n3)cc2F)CC1. The van der Waals surface area contributed by atoms with Crippen molar-refractivity contribution >= 4 is 32.6 Å². The first-order valence-corrected chi connectivity index (χ1v) is 13.4. The smallest absolute Gasteiger partial charge is 0.211 e. The Labute approximate surface area is 203 Å². The van der Waals surface area contributed by atoms with Crippen LogP contribution in [0.5, 0.6) is 0 Å². The van der Waals surface area contributed by atoms with Gasteiger partial charge in [-0.3, -0.25) is 4.98 Å². The molecule has 0 radical (unpaired) electrons. The van der Waals surface area contributed by atoms with Crippen LogP contribution in [0.1, 0.15) is 0 Å². The Morgan fingerprint density at radius 2 is 1.97 bits per heavy atom. The molecule has 0 saturated carbocycles. The summed E-state index contributed by atoms with van der Waals surface area (Å²) in [6.45, 7) is 4.34. The van der Waals surface area contributed by atoms with Gasteiger partial charge in [-0.05, 0) is 18.2 Å². The van der Waals surface area contributed by atoms with Crippen LogP contribution in [-0.2, 0) is 14.8 Å². The molecule has 1 atom stereocenters. The van der Waals surface area contributed by atoms with Crippen molar-refractivity contribution < 1.29 is 17.5 Å². The van der Waals surface area contributed by atoms with E-state index in [0.29, 0.717) is 73.1 Å². The molecule has 2 N–H and O–H groups in total. The minimum absolute atomic E-state index is 0.0146. The number of morpholine rings is 1. The number of benzene rings is 1. The van der Waals surface area contributed by atoms with Gasteiger partial charge in [-0.25, -0.2) is 22.8 Å². The van der Waals surface area contributed by atoms with Gasteiger partial charge in [-0.15, -0.1) is 0 Å². The molecule has 5 rings (SSSR count). The molecular weight excluding hydrogens is 473 g/mol. The van der Waals surface area contributed by atoms with Gasteiger partial charge >= 0.3 is 0 Å². The summed E-state index contributed by atoms with van der Waals surface area (Å²) in [5, 5.41) is 6.63. The molecule has 2 fully saturated rings. The fourth-order valence-electron chi connectivity index (χ4n) is 4.39. The molecule has 0 amide bonds. The lowest BCUT2D eigenvalue weighted by atomic mass is 10.1. The third-order valence-corrected chi connectivity index (χ3v) is 7.55. The van der Waals surface area contributed by atoms with Crippen LogP contribution in [0.3, 0.4) is 0 Å². The number of rotatable bonds is 6. The fraction of sp³-hybridized carbons (Fsp3) is 0.435. The van der Waals surface area contributed by atoms with E-state index in [1.165, 1.54) is 16.6 Å². The first-order valence-electron chi connectivity index (χ1n) is 11.6. The van der Waals surface area contributed by atoms with Crippen molar-refractivity contribution in [3.05, 3.63) is 42.5 Å². The van der Waals surface area contributed by atoms with Crippen LogP contribution in [0.2, 0.25) is 0 Å². The third kappa shape index (κ3) is 5.35. The topological polar surface area (TPSA) is 113 Å². The number of pyridine rings is 1. The predicted octanol–water partition coefficient (Wildman–Crippen LogP) is 1.31. The van der Waals surface area contributed by atoms with Gasteiger partial charge in [0.2, 0.25) is 10.0 Å². The fourth-order valence-corrected chi connectivity index (χ4v) is 5.21. The van der Waals surface area contributed by atoms with Gasteiger partial charge < -0.3 is 20.3 Å². The minimum atomic E-state index is -3.24. The summed E-state index contributed by atoms with van der Waals surface area (Å²) < 4.78 is 45.9. The Hall–Kier alpha value is -2.93. The van der Waals surface area contributed by atoms with Gasteiger partial charge in [0.25, 0.3) is 0 Å². The van der Waals surface area contributed by atoms with Crippen molar-refractivity contribution in [1.29, 1.82) is 0 Å². The molecule has 0 aliphatic carbocycles. The number of fused-ring (bicyclic) bond motifs is 1. The minimum Gasteiger partial charge on any atom is -0.374 e. The highest BCUT2D eigenvalue weighted by molar-refractivity contribution is 7.88. The molecule has 2 aliphatic rings. The maximum atomic E-state index is 15.2. The zero-order valence-corrected chi connectivity index (χ0v) is 20.3. The van der Waals surface area contributed by atoms with Crippen LogP contribution >= 0.6 is 0 Å². The number of nitrogens with zero attached hydrogens (tertiary/aromatic N) is 5. The lowest BCUT2D eigenvalue weighted by Crippen LogP contribution is -2.48. The van der Waals surface area contributed by atoms with Gasteiger partial charge in [0.1, 0.15) is 11.3 Å². The molecular formula is C23H28FN7O3S. The normalized spacial score (nSPS) is 19.7. The molecule has 35 heavy (non-hydrogen) atoms. The summed E-state index contributed by atoms with van der Waals surface area (Å²) in [5.74, 6) is 0.189. The molecule has 0 spiro atoms. The number of halogens is 1. The van der Waals surface area contributed by atoms with E-state index >= 15 is 4.39 Å². The molecule has 12 heteroatoms. The van der Waals surface area contributed by atoms with E-state index in [4.69, 9.17) is 9.72 Å². The van der Waals surface area contributed by atoms with Crippen molar-refractivity contribution in [3.8, 4) is 11.3 Å². The molecule has 4 heterocycles. The highest BCUT2D eigenvalue weighted by Gasteiger charge is 2.25. The molecule has 10 nitrogen and oxygen atoms in total. The summed E-state index contributed by atoms with van der Waals surface area (Å²) in [4.78, 5) is 15.4. The van der Waals surface area contributed by atoms with E-state index in [1.54, 1.807) is 24.5 Å². The lowest BCUT2D eigenvalue weighted by molar-refractivity contribution is 0.0372. The molecule has 2 aliphatic heterocycles. The third-order valence-electron chi connectivity index (χ3n) is 6.25. The van der Waals surface area contributed by atoms with E-state index in [-0.39, 0.29) is 11.9 Å². The zero-order chi connectivity index (χ0) is 24.4. The van der Waals surface area contributed by atoms with Gasteiger partial charge in [-0.1, -0.05) is 6.07 Å². The number of hydrogen-bond donors (Lipinski definition) is 2. The number of aromatic nitrogens is 3. The molecule has 2 saturated heterocycles. The Morgan fingerprint density at radius 3 is 2.69 bits per heavy atom. The molecule has 3 aromatic rings. The number of nitrogens with one attached hydrogen (secondary N) is 2. The monoisotopic (exact) mass is 501 g/mol. The van der Waals surface area contributed by atoms with Gasteiger partial charge in [-0.2, -0.15) is 4.31 Å². The first-order chi connectivity index (χ1) is 16.9. The molecule has 0 bridgehead atoms. The number of sulfonamides is 1. The first kappa shape index (κ1) is 23.8. The number of anilines is 2. The van der Waals surface area contributed by atoms with Gasteiger partial charge in [0.05, 0.1) is 35.9 Å².